The van der Waals surface area contributed by atoms with E-state index in [1.54, 1.807) is 6.07 Å². The molecule has 2 aromatic carbocycles. The maximum absolute atomic E-state index is 13.1. The Morgan fingerprint density at radius 3 is 2.38 bits per heavy atom. The van der Waals surface area contributed by atoms with Crippen LogP contribution in [0.15, 0.2) is 42.5 Å². The summed E-state index contributed by atoms with van der Waals surface area (Å²) < 4.78 is 13.1. The molecule has 112 valence electrons. The molecule has 0 aliphatic rings. The van der Waals surface area contributed by atoms with Crippen molar-refractivity contribution < 1.29 is 4.39 Å². The maximum atomic E-state index is 13.1. The quantitative estimate of drug-likeness (QED) is 0.658. The highest BCUT2D eigenvalue weighted by molar-refractivity contribution is 6.31. The van der Waals surface area contributed by atoms with Crippen LogP contribution in [-0.4, -0.2) is 14.1 Å². The lowest BCUT2D eigenvalue weighted by Crippen LogP contribution is -2.29. The lowest BCUT2D eigenvalue weighted by atomic mass is 9.99. The number of benzene rings is 2. The molecule has 2 rings (SSSR count). The Balaban J connectivity index is 2.19. The Morgan fingerprint density at radius 2 is 1.86 bits per heavy atom. The molecule has 2 aromatic rings. The molecule has 1 atom stereocenters. The molecule has 0 amide bonds. The van der Waals surface area contributed by atoms with Crippen molar-refractivity contribution in [2.75, 3.05) is 19.0 Å². The van der Waals surface area contributed by atoms with Gasteiger partial charge in [0.1, 0.15) is 5.82 Å². The number of hydrogen-bond acceptors (Lipinski definition) is 3. The number of rotatable bonds is 5. The molecule has 0 heterocycles. The first-order valence-corrected chi connectivity index (χ1v) is 7.06. The Hall–Kier alpha value is -1.62. The van der Waals surface area contributed by atoms with Gasteiger partial charge in [0.2, 0.25) is 0 Å². The van der Waals surface area contributed by atoms with E-state index in [0.717, 1.165) is 16.8 Å². The summed E-state index contributed by atoms with van der Waals surface area (Å²) in [4.78, 5) is 2.03. The molecule has 0 fully saturated rings. The highest BCUT2D eigenvalue weighted by atomic mass is 35.5. The van der Waals surface area contributed by atoms with Crippen LogP contribution in [0.2, 0.25) is 5.02 Å². The molecule has 0 saturated carbocycles. The Bertz CT molecular complexity index is 599. The van der Waals surface area contributed by atoms with Crippen LogP contribution in [0.4, 0.5) is 10.1 Å². The maximum Gasteiger partial charge on any atom is 0.124 e. The Labute approximate surface area is 129 Å². The number of anilines is 1. The first kappa shape index (κ1) is 15.8. The van der Waals surface area contributed by atoms with Gasteiger partial charge in [-0.2, -0.15) is 0 Å². The smallest absolute Gasteiger partial charge is 0.124 e. The highest BCUT2D eigenvalue weighted by Crippen LogP contribution is 2.25. The van der Waals surface area contributed by atoms with Gasteiger partial charge in [0, 0.05) is 24.8 Å². The molecular weight excluding hydrogens is 289 g/mol. The second-order valence-corrected chi connectivity index (χ2v) is 5.55. The third kappa shape index (κ3) is 3.94. The van der Waals surface area contributed by atoms with Crippen LogP contribution in [0.25, 0.3) is 0 Å². The summed E-state index contributed by atoms with van der Waals surface area (Å²) in [6.45, 7) is 0. The summed E-state index contributed by atoms with van der Waals surface area (Å²) in [5.41, 5.74) is 5.83. The predicted octanol–water partition coefficient (Wildman–Crippen LogP) is 3.29. The molecule has 0 spiro atoms. The summed E-state index contributed by atoms with van der Waals surface area (Å²) in [6.07, 6.45) is 0.594. The third-order valence-electron chi connectivity index (χ3n) is 3.45. The second-order valence-electron chi connectivity index (χ2n) is 5.15. The van der Waals surface area contributed by atoms with Crippen molar-refractivity contribution in [2.45, 2.75) is 12.5 Å². The van der Waals surface area contributed by atoms with E-state index >= 15 is 0 Å². The van der Waals surface area contributed by atoms with E-state index in [2.05, 4.69) is 5.43 Å². The predicted molar refractivity (Wildman–Crippen MR) is 85.9 cm³/mol. The molecule has 0 radical (unpaired) electrons. The minimum Gasteiger partial charge on any atom is -0.378 e. The van der Waals surface area contributed by atoms with Gasteiger partial charge in [-0.25, -0.2) is 4.39 Å². The fraction of sp³-hybridized carbons (Fsp3) is 0.250. The molecule has 1 unspecified atom stereocenters. The first-order valence-electron chi connectivity index (χ1n) is 6.68. The monoisotopic (exact) mass is 307 g/mol. The minimum atomic E-state index is -0.337. The number of nitrogens with one attached hydrogen (secondary N) is 1. The van der Waals surface area contributed by atoms with Crippen LogP contribution < -0.4 is 16.2 Å². The molecular formula is C16H19ClFN3. The van der Waals surface area contributed by atoms with Gasteiger partial charge in [-0.05, 0) is 41.8 Å². The van der Waals surface area contributed by atoms with E-state index in [4.69, 9.17) is 17.4 Å². The van der Waals surface area contributed by atoms with E-state index in [1.165, 1.54) is 12.1 Å². The Kier molecular flexibility index (Phi) is 5.17. The lowest BCUT2D eigenvalue weighted by molar-refractivity contribution is 0.551. The van der Waals surface area contributed by atoms with Gasteiger partial charge in [-0.1, -0.05) is 29.8 Å². The fourth-order valence-electron chi connectivity index (χ4n) is 2.18. The van der Waals surface area contributed by atoms with E-state index in [9.17, 15) is 4.39 Å². The SMILES string of the molecule is CN(C)c1ccc(C(Cc2ccc(F)cc2Cl)NN)cc1. The number of hydrogen-bond donors (Lipinski definition) is 2. The number of nitrogens with zero attached hydrogens (tertiary/aromatic N) is 1. The zero-order valence-electron chi connectivity index (χ0n) is 12.1. The molecule has 0 bridgehead atoms. The number of halogens is 2. The van der Waals surface area contributed by atoms with Crippen molar-refractivity contribution in [3.05, 3.63) is 64.4 Å². The minimum absolute atomic E-state index is 0.0795. The van der Waals surface area contributed by atoms with Crippen molar-refractivity contribution in [3.8, 4) is 0 Å². The number of hydrazine groups is 1. The fourth-order valence-corrected chi connectivity index (χ4v) is 2.43. The van der Waals surface area contributed by atoms with Crippen molar-refractivity contribution in [1.82, 2.24) is 5.43 Å². The molecule has 0 aromatic heterocycles. The van der Waals surface area contributed by atoms with Crippen LogP contribution in [0.5, 0.6) is 0 Å². The summed E-state index contributed by atoms with van der Waals surface area (Å²) >= 11 is 6.07. The lowest BCUT2D eigenvalue weighted by Gasteiger charge is -2.19. The summed E-state index contributed by atoms with van der Waals surface area (Å²) in [7, 11) is 3.98. The van der Waals surface area contributed by atoms with Crippen LogP contribution in [0.1, 0.15) is 17.2 Å². The van der Waals surface area contributed by atoms with Crippen LogP contribution in [-0.2, 0) is 6.42 Å². The van der Waals surface area contributed by atoms with Gasteiger partial charge in [0.15, 0.2) is 0 Å². The topological polar surface area (TPSA) is 41.3 Å². The average Bonchev–Trinajstić information content (AvgIpc) is 2.47. The van der Waals surface area contributed by atoms with Crippen LogP contribution >= 0.6 is 11.6 Å². The van der Waals surface area contributed by atoms with E-state index in [1.807, 2.05) is 43.3 Å². The second kappa shape index (κ2) is 6.89. The molecule has 0 aliphatic heterocycles. The van der Waals surface area contributed by atoms with Gasteiger partial charge in [-0.15, -0.1) is 0 Å². The van der Waals surface area contributed by atoms with Crippen LogP contribution in [0, 0.1) is 5.82 Å². The average molecular weight is 308 g/mol. The standard InChI is InChI=1S/C16H19ClFN3/c1-21(2)14-7-4-11(5-8-14)16(20-19)9-12-3-6-13(18)10-15(12)17/h3-8,10,16,20H,9,19H2,1-2H3. The van der Waals surface area contributed by atoms with E-state index in [0.29, 0.717) is 11.4 Å². The first-order chi connectivity index (χ1) is 10.0. The van der Waals surface area contributed by atoms with E-state index < -0.39 is 0 Å². The molecule has 3 nitrogen and oxygen atoms in total. The summed E-state index contributed by atoms with van der Waals surface area (Å²) in [5.74, 6) is 5.32. The zero-order chi connectivity index (χ0) is 15.4. The molecule has 21 heavy (non-hydrogen) atoms. The number of nitrogens with two attached hydrogens (primary N) is 1. The largest absolute Gasteiger partial charge is 0.378 e. The van der Waals surface area contributed by atoms with E-state index in [-0.39, 0.29) is 11.9 Å². The zero-order valence-corrected chi connectivity index (χ0v) is 12.9. The highest BCUT2D eigenvalue weighted by Gasteiger charge is 2.13. The van der Waals surface area contributed by atoms with Crippen molar-refractivity contribution in [1.29, 1.82) is 0 Å². The molecule has 0 saturated heterocycles. The third-order valence-corrected chi connectivity index (χ3v) is 3.80. The van der Waals surface area contributed by atoms with Gasteiger partial charge in [0.25, 0.3) is 0 Å². The molecule has 0 aliphatic carbocycles. The van der Waals surface area contributed by atoms with Gasteiger partial charge in [0.05, 0.1) is 6.04 Å². The molecule has 5 heteroatoms. The van der Waals surface area contributed by atoms with Gasteiger partial charge in [-0.3, -0.25) is 11.3 Å². The summed E-state index contributed by atoms with van der Waals surface area (Å²) in [6, 6.07) is 12.5. The van der Waals surface area contributed by atoms with Crippen molar-refractivity contribution >= 4 is 17.3 Å². The molecule has 3 N–H and O–H groups in total. The van der Waals surface area contributed by atoms with Crippen molar-refractivity contribution in [3.63, 3.8) is 0 Å². The van der Waals surface area contributed by atoms with Gasteiger partial charge < -0.3 is 4.90 Å². The van der Waals surface area contributed by atoms with Gasteiger partial charge >= 0.3 is 0 Å². The normalized spacial score (nSPS) is 12.2. The van der Waals surface area contributed by atoms with Crippen LogP contribution in [0.3, 0.4) is 0 Å². The Morgan fingerprint density at radius 1 is 1.19 bits per heavy atom. The summed E-state index contributed by atoms with van der Waals surface area (Å²) in [5, 5.41) is 0.417. The van der Waals surface area contributed by atoms with Crippen molar-refractivity contribution in [2.24, 2.45) is 5.84 Å².